The minimum atomic E-state index is -0.171. The predicted octanol–water partition coefficient (Wildman–Crippen LogP) is 6.97. The van der Waals surface area contributed by atoms with Crippen molar-refractivity contribution in [2.75, 3.05) is 28.7 Å². The standard InChI is InChI=1S/C29H31N5OS/c1-5-34(6-2)25-17-11-22(12-18-25)19-30-33-29-31-26(23-13-7-20(3)8-14-23)28(36-29)32-27(35)24-15-9-21(4)10-16-24/h7-19H,5-6H2,1-4H3,(H,31,33)(H,32,35). The molecule has 2 N–H and O–H groups in total. The van der Waals surface area contributed by atoms with Gasteiger partial charge in [-0.25, -0.2) is 4.98 Å². The van der Waals surface area contributed by atoms with Crippen LogP contribution in [0.5, 0.6) is 0 Å². The monoisotopic (exact) mass is 497 g/mol. The first kappa shape index (κ1) is 25.1. The van der Waals surface area contributed by atoms with Crippen LogP contribution in [0, 0.1) is 13.8 Å². The highest BCUT2D eigenvalue weighted by atomic mass is 32.1. The van der Waals surface area contributed by atoms with Gasteiger partial charge in [0, 0.05) is 29.9 Å². The van der Waals surface area contributed by atoms with Gasteiger partial charge in [-0.3, -0.25) is 10.2 Å². The molecule has 0 aliphatic heterocycles. The molecule has 0 fully saturated rings. The number of anilines is 3. The maximum Gasteiger partial charge on any atom is 0.256 e. The molecule has 184 valence electrons. The van der Waals surface area contributed by atoms with Crippen LogP contribution in [-0.2, 0) is 0 Å². The molecule has 0 radical (unpaired) electrons. The molecule has 1 heterocycles. The molecule has 0 atom stereocenters. The molecule has 6 nitrogen and oxygen atoms in total. The number of benzene rings is 3. The van der Waals surface area contributed by atoms with Gasteiger partial charge in [-0.15, -0.1) is 0 Å². The topological polar surface area (TPSA) is 69.6 Å². The maximum atomic E-state index is 12.9. The molecule has 3 aromatic carbocycles. The summed E-state index contributed by atoms with van der Waals surface area (Å²) in [5.74, 6) is -0.171. The molecule has 0 bridgehead atoms. The summed E-state index contributed by atoms with van der Waals surface area (Å²) in [6.07, 6.45) is 1.77. The lowest BCUT2D eigenvalue weighted by molar-refractivity contribution is 0.102. The molecule has 0 aliphatic carbocycles. The molecule has 4 rings (SSSR count). The van der Waals surface area contributed by atoms with Crippen molar-refractivity contribution in [3.63, 3.8) is 0 Å². The van der Waals surface area contributed by atoms with Gasteiger partial charge >= 0.3 is 0 Å². The lowest BCUT2D eigenvalue weighted by atomic mass is 10.1. The molecule has 0 spiro atoms. The third-order valence-corrected chi connectivity index (χ3v) is 6.76. The van der Waals surface area contributed by atoms with Gasteiger partial charge < -0.3 is 10.2 Å². The zero-order chi connectivity index (χ0) is 25.5. The van der Waals surface area contributed by atoms with Crippen molar-refractivity contribution in [3.8, 4) is 11.3 Å². The lowest BCUT2D eigenvalue weighted by Gasteiger charge is -2.20. The largest absolute Gasteiger partial charge is 0.372 e. The van der Waals surface area contributed by atoms with Crippen LogP contribution in [0.4, 0.5) is 15.8 Å². The number of hydrogen-bond acceptors (Lipinski definition) is 6. The molecule has 7 heteroatoms. The molecule has 1 amide bonds. The third-order valence-electron chi connectivity index (χ3n) is 5.89. The molecular formula is C29H31N5OS. The Bertz CT molecular complexity index is 1320. The zero-order valence-electron chi connectivity index (χ0n) is 21.1. The van der Waals surface area contributed by atoms with Crippen molar-refractivity contribution >= 4 is 39.3 Å². The Hall–Kier alpha value is -3.97. The predicted molar refractivity (Wildman–Crippen MR) is 153 cm³/mol. The maximum absolute atomic E-state index is 12.9. The minimum Gasteiger partial charge on any atom is -0.372 e. The van der Waals surface area contributed by atoms with Crippen LogP contribution in [0.15, 0.2) is 77.9 Å². The number of aromatic nitrogens is 1. The van der Waals surface area contributed by atoms with Crippen LogP contribution in [0.1, 0.15) is 40.9 Å². The second-order valence-corrected chi connectivity index (χ2v) is 9.52. The Morgan fingerprint density at radius 3 is 2.14 bits per heavy atom. The third kappa shape index (κ3) is 6.17. The fraction of sp³-hybridized carbons (Fsp3) is 0.207. The fourth-order valence-corrected chi connectivity index (χ4v) is 4.59. The van der Waals surface area contributed by atoms with Gasteiger partial charge in [0.15, 0.2) is 0 Å². The van der Waals surface area contributed by atoms with E-state index >= 15 is 0 Å². The first-order valence-corrected chi connectivity index (χ1v) is 12.9. The van der Waals surface area contributed by atoms with Crippen LogP contribution in [0.25, 0.3) is 11.3 Å². The summed E-state index contributed by atoms with van der Waals surface area (Å²) in [6, 6.07) is 23.9. The van der Waals surface area contributed by atoms with E-state index in [9.17, 15) is 4.79 Å². The van der Waals surface area contributed by atoms with E-state index in [1.807, 2.05) is 74.5 Å². The Morgan fingerprint density at radius 2 is 1.53 bits per heavy atom. The van der Waals surface area contributed by atoms with E-state index in [1.165, 1.54) is 17.0 Å². The smallest absolute Gasteiger partial charge is 0.256 e. The van der Waals surface area contributed by atoms with Crippen molar-refractivity contribution in [1.29, 1.82) is 0 Å². The first-order valence-electron chi connectivity index (χ1n) is 12.1. The molecular weight excluding hydrogens is 466 g/mol. The summed E-state index contributed by atoms with van der Waals surface area (Å²) >= 11 is 1.36. The molecule has 0 unspecified atom stereocenters. The molecule has 1 aromatic heterocycles. The van der Waals surface area contributed by atoms with Crippen molar-refractivity contribution in [1.82, 2.24) is 4.98 Å². The quantitative estimate of drug-likeness (QED) is 0.193. The number of nitrogens with one attached hydrogen (secondary N) is 2. The van der Waals surface area contributed by atoms with Crippen LogP contribution >= 0.6 is 11.3 Å². The summed E-state index contributed by atoms with van der Waals surface area (Å²) in [5.41, 5.74) is 9.73. The lowest BCUT2D eigenvalue weighted by Crippen LogP contribution is -2.21. The van der Waals surface area contributed by atoms with Crippen LogP contribution in [-0.4, -0.2) is 30.2 Å². The summed E-state index contributed by atoms with van der Waals surface area (Å²) in [5, 5.41) is 8.69. The normalized spacial score (nSPS) is 11.0. The number of carbonyl (C=O) groups is 1. The molecule has 0 saturated carbocycles. The summed E-state index contributed by atoms with van der Waals surface area (Å²) < 4.78 is 0. The summed E-state index contributed by atoms with van der Waals surface area (Å²) in [6.45, 7) is 10.3. The van der Waals surface area contributed by atoms with E-state index in [4.69, 9.17) is 4.98 Å². The van der Waals surface area contributed by atoms with Crippen LogP contribution in [0.2, 0.25) is 0 Å². The minimum absolute atomic E-state index is 0.171. The molecule has 4 aromatic rings. The zero-order valence-corrected chi connectivity index (χ0v) is 21.9. The highest BCUT2D eigenvalue weighted by molar-refractivity contribution is 7.20. The Morgan fingerprint density at radius 1 is 0.917 bits per heavy atom. The average molecular weight is 498 g/mol. The van der Waals surface area contributed by atoms with Gasteiger partial charge in [0.2, 0.25) is 5.13 Å². The molecule has 0 saturated heterocycles. The van der Waals surface area contributed by atoms with E-state index in [2.05, 4.69) is 46.7 Å². The Kier molecular flexibility index (Phi) is 8.13. The van der Waals surface area contributed by atoms with Gasteiger partial charge in [0.05, 0.1) is 6.21 Å². The van der Waals surface area contributed by atoms with Gasteiger partial charge in [0.25, 0.3) is 5.91 Å². The number of hydrogen-bond donors (Lipinski definition) is 2. The van der Waals surface area contributed by atoms with E-state index in [0.717, 1.165) is 35.3 Å². The molecule has 36 heavy (non-hydrogen) atoms. The number of nitrogens with zero attached hydrogens (tertiary/aromatic N) is 3. The van der Waals surface area contributed by atoms with Crippen molar-refractivity contribution < 1.29 is 4.79 Å². The van der Waals surface area contributed by atoms with E-state index in [1.54, 1.807) is 6.21 Å². The second-order valence-electron chi connectivity index (χ2n) is 8.52. The number of aryl methyl sites for hydroxylation is 2. The van der Waals surface area contributed by atoms with Gasteiger partial charge in [0.1, 0.15) is 10.7 Å². The SMILES string of the molecule is CCN(CC)c1ccc(C=NNc2nc(-c3ccc(C)cc3)c(NC(=O)c3ccc(C)cc3)s2)cc1. The summed E-state index contributed by atoms with van der Waals surface area (Å²) in [7, 11) is 0. The van der Waals surface area contributed by atoms with Crippen LogP contribution < -0.4 is 15.6 Å². The van der Waals surface area contributed by atoms with Crippen molar-refractivity contribution in [2.24, 2.45) is 5.10 Å². The second kappa shape index (κ2) is 11.6. The van der Waals surface area contributed by atoms with Crippen molar-refractivity contribution in [3.05, 3.63) is 95.1 Å². The van der Waals surface area contributed by atoms with E-state index in [-0.39, 0.29) is 5.91 Å². The van der Waals surface area contributed by atoms with Crippen molar-refractivity contribution in [2.45, 2.75) is 27.7 Å². The van der Waals surface area contributed by atoms with Crippen LogP contribution in [0.3, 0.4) is 0 Å². The average Bonchev–Trinajstić information content (AvgIpc) is 3.28. The number of thiazole rings is 1. The number of carbonyl (C=O) groups excluding carboxylic acids is 1. The van der Waals surface area contributed by atoms with E-state index in [0.29, 0.717) is 21.4 Å². The Labute approximate surface area is 216 Å². The van der Waals surface area contributed by atoms with E-state index < -0.39 is 0 Å². The highest BCUT2D eigenvalue weighted by Crippen LogP contribution is 2.36. The first-order chi connectivity index (χ1) is 17.5. The highest BCUT2D eigenvalue weighted by Gasteiger charge is 2.16. The van der Waals surface area contributed by atoms with Gasteiger partial charge in [-0.2, -0.15) is 5.10 Å². The number of rotatable bonds is 9. The molecule has 0 aliphatic rings. The number of hydrazone groups is 1. The Balaban J connectivity index is 1.53. The summed E-state index contributed by atoms with van der Waals surface area (Å²) in [4.78, 5) is 19.9. The van der Waals surface area contributed by atoms with Gasteiger partial charge in [-0.1, -0.05) is 71.0 Å². The fourth-order valence-electron chi connectivity index (χ4n) is 3.76. The van der Waals surface area contributed by atoms with Gasteiger partial charge in [-0.05, 0) is 57.5 Å². The number of amides is 1.